The second-order valence-electron chi connectivity index (χ2n) is 6.34. The number of para-hydroxylation sites is 1. The lowest BCUT2D eigenvalue weighted by Crippen LogP contribution is -2.53. The lowest BCUT2D eigenvalue weighted by molar-refractivity contribution is -0.137. The third-order valence-corrected chi connectivity index (χ3v) is 4.90. The van der Waals surface area contributed by atoms with Gasteiger partial charge >= 0.3 is 5.97 Å². The molecule has 0 aliphatic carbocycles. The van der Waals surface area contributed by atoms with Crippen molar-refractivity contribution in [1.82, 2.24) is 4.90 Å². The summed E-state index contributed by atoms with van der Waals surface area (Å²) in [5.41, 5.74) is 8.69. The second kappa shape index (κ2) is 7.76. The van der Waals surface area contributed by atoms with Crippen molar-refractivity contribution in [3.63, 3.8) is 0 Å². The zero-order valence-corrected chi connectivity index (χ0v) is 14.7. The number of nitrogens with two attached hydrogens (primary N) is 1. The summed E-state index contributed by atoms with van der Waals surface area (Å²) in [5.74, 6) is -0.808. The normalized spacial score (nSPS) is 18.3. The van der Waals surface area contributed by atoms with Crippen molar-refractivity contribution in [2.75, 3.05) is 30.3 Å². The SMILES string of the molecule is Nc1c(Cl)cccc1N1CCN(Cc2ccccc2)C[C@@H]1CC(=O)O. The maximum Gasteiger partial charge on any atom is 0.305 e. The molecule has 3 N–H and O–H groups in total. The number of piperazine rings is 1. The highest BCUT2D eigenvalue weighted by atomic mass is 35.5. The molecule has 3 rings (SSSR count). The van der Waals surface area contributed by atoms with Crippen molar-refractivity contribution >= 4 is 28.9 Å². The zero-order chi connectivity index (χ0) is 17.8. The largest absolute Gasteiger partial charge is 0.481 e. The average molecular weight is 360 g/mol. The van der Waals surface area contributed by atoms with Crippen LogP contribution in [-0.4, -0.2) is 41.7 Å². The smallest absolute Gasteiger partial charge is 0.305 e. The van der Waals surface area contributed by atoms with Gasteiger partial charge in [-0.25, -0.2) is 0 Å². The lowest BCUT2D eigenvalue weighted by Gasteiger charge is -2.43. The number of rotatable bonds is 5. The van der Waals surface area contributed by atoms with Gasteiger partial charge in [0.1, 0.15) is 0 Å². The summed E-state index contributed by atoms with van der Waals surface area (Å²) in [5, 5.41) is 9.83. The Morgan fingerprint density at radius 2 is 1.92 bits per heavy atom. The number of nitrogens with zero attached hydrogens (tertiary/aromatic N) is 2. The summed E-state index contributed by atoms with van der Waals surface area (Å²) in [6.07, 6.45) is 0.0667. The van der Waals surface area contributed by atoms with Gasteiger partial charge in [-0.05, 0) is 17.7 Å². The number of nitrogen functional groups attached to an aromatic ring is 1. The fourth-order valence-electron chi connectivity index (χ4n) is 3.37. The predicted molar refractivity (Wildman–Crippen MR) is 101 cm³/mol. The van der Waals surface area contributed by atoms with Gasteiger partial charge in [-0.15, -0.1) is 0 Å². The summed E-state index contributed by atoms with van der Waals surface area (Å²) in [6.45, 7) is 3.05. The Balaban J connectivity index is 1.79. The van der Waals surface area contributed by atoms with Crippen LogP contribution in [0, 0.1) is 0 Å². The van der Waals surface area contributed by atoms with Gasteiger partial charge in [-0.3, -0.25) is 9.69 Å². The summed E-state index contributed by atoms with van der Waals surface area (Å²) in [4.78, 5) is 15.7. The summed E-state index contributed by atoms with van der Waals surface area (Å²) >= 11 is 6.14. The van der Waals surface area contributed by atoms with Crippen molar-refractivity contribution in [3.8, 4) is 0 Å². The van der Waals surface area contributed by atoms with Crippen LogP contribution in [0.3, 0.4) is 0 Å². The lowest BCUT2D eigenvalue weighted by atomic mass is 10.1. The highest BCUT2D eigenvalue weighted by Gasteiger charge is 2.30. The Hall–Kier alpha value is -2.24. The Morgan fingerprint density at radius 3 is 2.64 bits per heavy atom. The number of hydrogen-bond donors (Lipinski definition) is 2. The fourth-order valence-corrected chi connectivity index (χ4v) is 3.54. The maximum atomic E-state index is 11.4. The second-order valence-corrected chi connectivity index (χ2v) is 6.75. The number of anilines is 2. The molecule has 0 aromatic heterocycles. The van der Waals surface area contributed by atoms with Crippen molar-refractivity contribution in [2.24, 2.45) is 0 Å². The predicted octanol–water partition coefficient (Wildman–Crippen LogP) is 3.09. The molecule has 1 aliphatic heterocycles. The third-order valence-electron chi connectivity index (χ3n) is 4.57. The standard InChI is InChI=1S/C19H22ClN3O2/c20-16-7-4-8-17(19(16)21)23-10-9-22(13-15(23)11-18(24)25)12-14-5-2-1-3-6-14/h1-8,15H,9-13,21H2,(H,24,25)/t15-/m0/s1. The Kier molecular flexibility index (Phi) is 5.46. The number of aliphatic carboxylic acids is 1. The fraction of sp³-hybridized carbons (Fsp3) is 0.316. The van der Waals surface area contributed by atoms with E-state index in [4.69, 9.17) is 17.3 Å². The first-order valence-corrected chi connectivity index (χ1v) is 8.71. The van der Waals surface area contributed by atoms with Crippen LogP contribution in [-0.2, 0) is 11.3 Å². The van der Waals surface area contributed by atoms with Crippen LogP contribution in [0.4, 0.5) is 11.4 Å². The van der Waals surface area contributed by atoms with Crippen molar-refractivity contribution < 1.29 is 9.90 Å². The number of halogens is 1. The summed E-state index contributed by atoms with van der Waals surface area (Å²) < 4.78 is 0. The molecule has 1 atom stereocenters. The molecule has 2 aromatic rings. The summed E-state index contributed by atoms with van der Waals surface area (Å²) in [7, 11) is 0. The molecule has 132 valence electrons. The molecule has 2 aromatic carbocycles. The molecular weight excluding hydrogens is 338 g/mol. The molecule has 0 spiro atoms. The minimum absolute atomic E-state index is 0.0667. The highest BCUT2D eigenvalue weighted by Crippen LogP contribution is 2.33. The van der Waals surface area contributed by atoms with Crippen LogP contribution in [0.5, 0.6) is 0 Å². The van der Waals surface area contributed by atoms with E-state index in [1.807, 2.05) is 30.3 Å². The first kappa shape index (κ1) is 17.6. The van der Waals surface area contributed by atoms with Crippen LogP contribution in [0.15, 0.2) is 48.5 Å². The zero-order valence-electron chi connectivity index (χ0n) is 13.9. The van der Waals surface area contributed by atoms with E-state index in [0.717, 1.165) is 25.3 Å². The number of carboxylic acid groups (broad SMARTS) is 1. The van der Waals surface area contributed by atoms with E-state index in [0.29, 0.717) is 17.3 Å². The molecule has 0 saturated carbocycles. The molecule has 1 aliphatic rings. The molecule has 1 saturated heterocycles. The molecule has 0 radical (unpaired) electrons. The van der Waals surface area contributed by atoms with E-state index in [1.165, 1.54) is 5.56 Å². The number of carboxylic acids is 1. The topological polar surface area (TPSA) is 69.8 Å². The summed E-state index contributed by atoms with van der Waals surface area (Å²) in [6, 6.07) is 15.6. The van der Waals surface area contributed by atoms with Crippen molar-refractivity contribution in [3.05, 3.63) is 59.1 Å². The van der Waals surface area contributed by atoms with Gasteiger partial charge in [0.15, 0.2) is 0 Å². The molecule has 1 fully saturated rings. The monoisotopic (exact) mass is 359 g/mol. The first-order valence-electron chi connectivity index (χ1n) is 8.33. The maximum absolute atomic E-state index is 11.4. The van der Waals surface area contributed by atoms with E-state index >= 15 is 0 Å². The number of carbonyl (C=O) groups is 1. The van der Waals surface area contributed by atoms with Gasteiger partial charge < -0.3 is 15.7 Å². The molecule has 0 amide bonds. The van der Waals surface area contributed by atoms with E-state index in [-0.39, 0.29) is 12.5 Å². The van der Waals surface area contributed by atoms with Gasteiger partial charge in [0.25, 0.3) is 0 Å². The van der Waals surface area contributed by atoms with E-state index in [2.05, 4.69) is 21.9 Å². The van der Waals surface area contributed by atoms with Crippen molar-refractivity contribution in [1.29, 1.82) is 0 Å². The molecule has 5 nitrogen and oxygen atoms in total. The quantitative estimate of drug-likeness (QED) is 0.803. The molecule has 0 bridgehead atoms. The minimum Gasteiger partial charge on any atom is -0.481 e. The van der Waals surface area contributed by atoms with Gasteiger partial charge in [0, 0.05) is 26.2 Å². The highest BCUT2D eigenvalue weighted by molar-refractivity contribution is 6.33. The molecule has 0 unspecified atom stereocenters. The Labute approximate surface area is 152 Å². The molecule has 25 heavy (non-hydrogen) atoms. The first-order chi connectivity index (χ1) is 12.0. The van der Waals surface area contributed by atoms with Crippen LogP contribution in [0.25, 0.3) is 0 Å². The molecular formula is C19H22ClN3O2. The van der Waals surface area contributed by atoms with Crippen LogP contribution < -0.4 is 10.6 Å². The van der Waals surface area contributed by atoms with Crippen LogP contribution >= 0.6 is 11.6 Å². The number of hydrogen-bond acceptors (Lipinski definition) is 4. The number of benzene rings is 2. The Morgan fingerprint density at radius 1 is 1.16 bits per heavy atom. The van der Waals surface area contributed by atoms with Crippen LogP contribution in [0.2, 0.25) is 5.02 Å². The van der Waals surface area contributed by atoms with E-state index < -0.39 is 5.97 Å². The van der Waals surface area contributed by atoms with Crippen LogP contribution in [0.1, 0.15) is 12.0 Å². The van der Waals surface area contributed by atoms with Gasteiger partial charge in [-0.1, -0.05) is 48.0 Å². The van der Waals surface area contributed by atoms with Crippen molar-refractivity contribution in [2.45, 2.75) is 19.0 Å². The van der Waals surface area contributed by atoms with E-state index in [1.54, 1.807) is 6.07 Å². The Bertz CT molecular complexity index is 739. The molecule has 6 heteroatoms. The minimum atomic E-state index is -0.808. The molecule has 1 heterocycles. The van der Waals surface area contributed by atoms with Gasteiger partial charge in [-0.2, -0.15) is 0 Å². The third kappa shape index (κ3) is 4.24. The van der Waals surface area contributed by atoms with Gasteiger partial charge in [0.05, 0.1) is 28.9 Å². The van der Waals surface area contributed by atoms with E-state index in [9.17, 15) is 9.90 Å². The van der Waals surface area contributed by atoms with Gasteiger partial charge in [0.2, 0.25) is 0 Å². The average Bonchev–Trinajstić information content (AvgIpc) is 2.58.